The molecule has 0 aliphatic heterocycles. The maximum atomic E-state index is 12.7. The van der Waals surface area contributed by atoms with Gasteiger partial charge in [-0.1, -0.05) is 12.1 Å². The van der Waals surface area contributed by atoms with Gasteiger partial charge in [0.1, 0.15) is 0 Å². The highest BCUT2D eigenvalue weighted by Crippen LogP contribution is 2.27. The molecule has 0 aliphatic carbocycles. The normalized spacial score (nSPS) is 11.4. The van der Waals surface area contributed by atoms with E-state index in [1.807, 2.05) is 32.0 Å². The third-order valence-electron chi connectivity index (χ3n) is 3.39. The van der Waals surface area contributed by atoms with Crippen molar-refractivity contribution in [1.29, 1.82) is 0 Å². The first kappa shape index (κ1) is 15.4. The molecule has 2 aromatic rings. The van der Waals surface area contributed by atoms with E-state index in [1.54, 1.807) is 26.0 Å². The lowest BCUT2D eigenvalue weighted by Gasteiger charge is -2.15. The fourth-order valence-corrected chi connectivity index (χ4v) is 4.04. The second-order valence-corrected chi connectivity index (χ2v) is 7.03. The van der Waals surface area contributed by atoms with Gasteiger partial charge < -0.3 is 5.73 Å². The van der Waals surface area contributed by atoms with Crippen LogP contribution >= 0.6 is 0 Å². The zero-order valence-corrected chi connectivity index (χ0v) is 13.5. The van der Waals surface area contributed by atoms with Gasteiger partial charge in [-0.05, 0) is 68.1 Å². The Hall–Kier alpha value is -2.01. The topological polar surface area (TPSA) is 72.2 Å². The zero-order valence-electron chi connectivity index (χ0n) is 12.7. The van der Waals surface area contributed by atoms with Gasteiger partial charge in [0, 0.05) is 11.4 Å². The molecule has 0 saturated heterocycles. The van der Waals surface area contributed by atoms with Gasteiger partial charge in [0.15, 0.2) is 0 Å². The van der Waals surface area contributed by atoms with Crippen molar-refractivity contribution in [1.82, 2.24) is 0 Å². The van der Waals surface area contributed by atoms with Crippen molar-refractivity contribution in [2.75, 3.05) is 10.5 Å². The highest BCUT2D eigenvalue weighted by atomic mass is 32.2. The van der Waals surface area contributed by atoms with Gasteiger partial charge in [-0.15, -0.1) is 0 Å². The maximum absolute atomic E-state index is 12.7. The molecular formula is C16H20N2O2S. The molecule has 0 fully saturated rings. The van der Waals surface area contributed by atoms with E-state index in [4.69, 9.17) is 5.73 Å². The molecule has 0 heterocycles. The van der Waals surface area contributed by atoms with Gasteiger partial charge in [-0.25, -0.2) is 8.42 Å². The summed E-state index contributed by atoms with van der Waals surface area (Å²) in [6.07, 6.45) is 0. The van der Waals surface area contributed by atoms with Crippen molar-refractivity contribution in [3.8, 4) is 0 Å². The molecule has 0 aliphatic rings. The SMILES string of the molecule is Cc1cc(C)cc(NS(=O)(=O)c2c(C)ccc(N)c2C)c1. The van der Waals surface area contributed by atoms with Crippen LogP contribution in [0.15, 0.2) is 35.2 Å². The van der Waals surface area contributed by atoms with Crippen molar-refractivity contribution in [3.05, 3.63) is 52.6 Å². The van der Waals surface area contributed by atoms with Gasteiger partial charge in [0.2, 0.25) is 0 Å². The lowest BCUT2D eigenvalue weighted by Crippen LogP contribution is -2.16. The van der Waals surface area contributed by atoms with Crippen molar-refractivity contribution >= 4 is 21.4 Å². The van der Waals surface area contributed by atoms with E-state index in [0.29, 0.717) is 22.5 Å². The molecule has 112 valence electrons. The average Bonchev–Trinajstić information content (AvgIpc) is 2.32. The molecular weight excluding hydrogens is 284 g/mol. The highest BCUT2D eigenvalue weighted by molar-refractivity contribution is 7.92. The Morgan fingerprint density at radius 3 is 2.10 bits per heavy atom. The molecule has 0 radical (unpaired) electrons. The summed E-state index contributed by atoms with van der Waals surface area (Å²) in [6.45, 7) is 7.35. The first-order chi connectivity index (χ1) is 9.70. The monoisotopic (exact) mass is 304 g/mol. The van der Waals surface area contributed by atoms with Crippen LogP contribution in [-0.2, 0) is 10.0 Å². The third-order valence-corrected chi connectivity index (χ3v) is 5.06. The Balaban J connectivity index is 2.51. The van der Waals surface area contributed by atoms with Crippen LogP contribution in [0.4, 0.5) is 11.4 Å². The Labute approximate surface area is 126 Å². The number of hydrogen-bond donors (Lipinski definition) is 2. The van der Waals surface area contributed by atoms with Crippen LogP contribution in [0.3, 0.4) is 0 Å². The van der Waals surface area contributed by atoms with Gasteiger partial charge >= 0.3 is 0 Å². The Bertz CT molecular complexity index is 776. The minimum Gasteiger partial charge on any atom is -0.398 e. The van der Waals surface area contributed by atoms with Crippen LogP contribution in [0.2, 0.25) is 0 Å². The van der Waals surface area contributed by atoms with E-state index in [0.717, 1.165) is 11.1 Å². The molecule has 0 aromatic heterocycles. The molecule has 0 amide bonds. The molecule has 2 rings (SSSR count). The summed E-state index contributed by atoms with van der Waals surface area (Å²) in [6, 6.07) is 9.05. The van der Waals surface area contributed by atoms with E-state index in [1.165, 1.54) is 0 Å². The maximum Gasteiger partial charge on any atom is 0.262 e. The number of hydrogen-bond acceptors (Lipinski definition) is 3. The molecule has 0 spiro atoms. The predicted octanol–water partition coefficient (Wildman–Crippen LogP) is 3.30. The second kappa shape index (κ2) is 5.41. The van der Waals surface area contributed by atoms with Gasteiger partial charge in [0.25, 0.3) is 10.0 Å². The first-order valence-electron chi connectivity index (χ1n) is 6.67. The largest absolute Gasteiger partial charge is 0.398 e. The van der Waals surface area contributed by atoms with E-state index in [-0.39, 0.29) is 4.90 Å². The minimum atomic E-state index is -3.66. The number of benzene rings is 2. The summed E-state index contributed by atoms with van der Waals surface area (Å²) < 4.78 is 27.9. The summed E-state index contributed by atoms with van der Waals surface area (Å²) in [4.78, 5) is 0.252. The quantitative estimate of drug-likeness (QED) is 0.855. The Morgan fingerprint density at radius 1 is 0.952 bits per heavy atom. The zero-order chi connectivity index (χ0) is 15.8. The summed E-state index contributed by atoms with van der Waals surface area (Å²) >= 11 is 0. The predicted molar refractivity (Wildman–Crippen MR) is 87.1 cm³/mol. The smallest absolute Gasteiger partial charge is 0.262 e. The Kier molecular flexibility index (Phi) is 3.96. The number of nitrogen functional groups attached to an aromatic ring is 1. The number of sulfonamides is 1. The number of anilines is 2. The summed E-state index contributed by atoms with van der Waals surface area (Å²) in [5.74, 6) is 0. The molecule has 0 atom stereocenters. The van der Waals surface area contributed by atoms with Crippen LogP contribution in [0.1, 0.15) is 22.3 Å². The standard InChI is InChI=1S/C16H20N2O2S/c1-10-7-11(2)9-14(8-10)18-21(19,20)16-12(3)5-6-15(17)13(16)4/h5-9,18H,17H2,1-4H3. The molecule has 4 nitrogen and oxygen atoms in total. The molecule has 2 aromatic carbocycles. The highest BCUT2D eigenvalue weighted by Gasteiger charge is 2.21. The lowest BCUT2D eigenvalue weighted by molar-refractivity contribution is 0.600. The fourth-order valence-electron chi connectivity index (χ4n) is 2.50. The van der Waals surface area contributed by atoms with Gasteiger partial charge in [-0.3, -0.25) is 4.72 Å². The number of rotatable bonds is 3. The lowest BCUT2D eigenvalue weighted by atomic mass is 10.1. The summed E-state index contributed by atoms with van der Waals surface area (Å²) in [7, 11) is -3.66. The van der Waals surface area contributed by atoms with Crippen LogP contribution in [0, 0.1) is 27.7 Å². The second-order valence-electron chi connectivity index (χ2n) is 5.41. The fraction of sp³-hybridized carbons (Fsp3) is 0.250. The molecule has 0 bridgehead atoms. The summed E-state index contributed by atoms with van der Waals surface area (Å²) in [5, 5.41) is 0. The molecule has 0 unspecified atom stereocenters. The average molecular weight is 304 g/mol. The Morgan fingerprint density at radius 2 is 1.52 bits per heavy atom. The number of nitrogens with one attached hydrogen (secondary N) is 1. The van der Waals surface area contributed by atoms with Crippen molar-refractivity contribution < 1.29 is 8.42 Å². The van der Waals surface area contributed by atoms with Crippen LogP contribution in [0.25, 0.3) is 0 Å². The van der Waals surface area contributed by atoms with Crippen LogP contribution in [0.5, 0.6) is 0 Å². The summed E-state index contributed by atoms with van der Waals surface area (Å²) in [5.41, 5.74) is 10.1. The molecule has 3 N–H and O–H groups in total. The minimum absolute atomic E-state index is 0.252. The molecule has 5 heteroatoms. The van der Waals surface area contributed by atoms with Crippen LogP contribution < -0.4 is 10.5 Å². The van der Waals surface area contributed by atoms with Crippen molar-refractivity contribution in [3.63, 3.8) is 0 Å². The van der Waals surface area contributed by atoms with E-state index < -0.39 is 10.0 Å². The van der Waals surface area contributed by atoms with Gasteiger partial charge in [0.05, 0.1) is 4.90 Å². The third kappa shape index (κ3) is 3.19. The first-order valence-corrected chi connectivity index (χ1v) is 8.16. The number of aryl methyl sites for hydroxylation is 3. The van der Waals surface area contributed by atoms with E-state index in [9.17, 15) is 8.42 Å². The van der Waals surface area contributed by atoms with Crippen molar-refractivity contribution in [2.24, 2.45) is 0 Å². The van der Waals surface area contributed by atoms with E-state index >= 15 is 0 Å². The molecule has 21 heavy (non-hydrogen) atoms. The van der Waals surface area contributed by atoms with Crippen molar-refractivity contribution in [2.45, 2.75) is 32.6 Å². The van der Waals surface area contributed by atoms with Crippen LogP contribution in [-0.4, -0.2) is 8.42 Å². The number of nitrogens with two attached hydrogens (primary N) is 1. The van der Waals surface area contributed by atoms with E-state index in [2.05, 4.69) is 4.72 Å². The molecule has 0 saturated carbocycles. The van der Waals surface area contributed by atoms with Gasteiger partial charge in [-0.2, -0.15) is 0 Å².